The summed E-state index contributed by atoms with van der Waals surface area (Å²) in [7, 11) is 0. The summed E-state index contributed by atoms with van der Waals surface area (Å²) in [5.41, 5.74) is 11.5. The van der Waals surface area contributed by atoms with Gasteiger partial charge in [-0.15, -0.1) is 0 Å². The lowest BCUT2D eigenvalue weighted by atomic mass is 9.84. The minimum atomic E-state index is -0.000694. The monoisotopic (exact) mass is 601 g/mol. The van der Waals surface area contributed by atoms with E-state index in [2.05, 4.69) is 131 Å². The van der Waals surface area contributed by atoms with Gasteiger partial charge in [-0.05, 0) is 87.7 Å². The maximum Gasteiger partial charge on any atom is 0.149 e. The Morgan fingerprint density at radius 3 is 1.96 bits per heavy atom. The molecule has 0 saturated carbocycles. The van der Waals surface area contributed by atoms with E-state index >= 15 is 0 Å². The molecule has 4 nitrogen and oxygen atoms in total. The summed E-state index contributed by atoms with van der Waals surface area (Å²) in [6, 6.07) is 39.8. The highest BCUT2D eigenvalue weighted by Gasteiger charge is 2.22. The van der Waals surface area contributed by atoms with Gasteiger partial charge < -0.3 is 5.11 Å². The van der Waals surface area contributed by atoms with Gasteiger partial charge in [-0.3, -0.25) is 9.55 Å². The Kier molecular flexibility index (Phi) is 7.05. The molecule has 0 aliphatic carbocycles. The van der Waals surface area contributed by atoms with Crippen molar-refractivity contribution in [1.82, 2.24) is 14.5 Å². The van der Waals surface area contributed by atoms with Crippen LogP contribution in [0.4, 0.5) is 0 Å². The van der Waals surface area contributed by atoms with E-state index in [-0.39, 0.29) is 16.6 Å². The van der Waals surface area contributed by atoms with Crippen LogP contribution in [0, 0.1) is 0 Å². The van der Waals surface area contributed by atoms with Crippen molar-refractivity contribution in [3.63, 3.8) is 0 Å². The van der Waals surface area contributed by atoms with E-state index in [0.29, 0.717) is 11.4 Å². The van der Waals surface area contributed by atoms with Gasteiger partial charge in [-0.25, -0.2) is 4.98 Å². The van der Waals surface area contributed by atoms with Gasteiger partial charge in [0.25, 0.3) is 0 Å². The van der Waals surface area contributed by atoms with Crippen molar-refractivity contribution in [2.24, 2.45) is 0 Å². The second-order valence-electron chi connectivity index (χ2n) is 14.2. The molecule has 0 amide bonds. The third-order valence-electron chi connectivity index (χ3n) is 8.88. The molecule has 0 fully saturated rings. The van der Waals surface area contributed by atoms with Crippen LogP contribution in [0.1, 0.15) is 52.7 Å². The van der Waals surface area contributed by atoms with Crippen LogP contribution < -0.4 is 0 Å². The second kappa shape index (κ2) is 11.0. The number of benzene rings is 5. The van der Waals surface area contributed by atoms with Gasteiger partial charge in [0.2, 0.25) is 0 Å². The van der Waals surface area contributed by atoms with Gasteiger partial charge in [0.15, 0.2) is 0 Å². The van der Waals surface area contributed by atoms with Gasteiger partial charge in [-0.2, -0.15) is 0 Å². The van der Waals surface area contributed by atoms with E-state index < -0.39 is 0 Å². The lowest BCUT2D eigenvalue weighted by Gasteiger charge is -2.21. The van der Waals surface area contributed by atoms with Crippen molar-refractivity contribution < 1.29 is 5.11 Å². The Hall–Kier alpha value is -5.22. The maximum atomic E-state index is 11.0. The van der Waals surface area contributed by atoms with Crippen LogP contribution in [0.15, 0.2) is 121 Å². The van der Waals surface area contributed by atoms with E-state index in [1.807, 2.05) is 30.5 Å². The number of aromatic hydroxyl groups is 1. The molecule has 0 radical (unpaired) electrons. The summed E-state index contributed by atoms with van der Waals surface area (Å²) in [6.45, 7) is 13.4. The maximum absolute atomic E-state index is 11.0. The van der Waals surface area contributed by atoms with Crippen LogP contribution in [0.25, 0.3) is 61.3 Å². The van der Waals surface area contributed by atoms with Crippen LogP contribution in [0.5, 0.6) is 5.75 Å². The number of fused-ring (bicyclic) bond motifs is 2. The largest absolute Gasteiger partial charge is 0.507 e. The number of phenols is 1. The van der Waals surface area contributed by atoms with Crippen LogP contribution in [-0.2, 0) is 10.8 Å². The zero-order valence-electron chi connectivity index (χ0n) is 27.3. The van der Waals surface area contributed by atoms with Gasteiger partial charge in [0.1, 0.15) is 11.6 Å². The van der Waals surface area contributed by atoms with E-state index in [9.17, 15) is 5.11 Å². The molecule has 0 saturated heterocycles. The molecule has 1 N–H and O–H groups in total. The van der Waals surface area contributed by atoms with Gasteiger partial charge in [0, 0.05) is 28.4 Å². The number of imidazole rings is 1. The molecule has 2 heterocycles. The number of phenolic OH excluding ortho intramolecular Hbond substituents is 1. The molecule has 0 unspecified atom stereocenters. The number of rotatable bonds is 4. The highest BCUT2D eigenvalue weighted by Crippen LogP contribution is 2.39. The lowest BCUT2D eigenvalue weighted by molar-refractivity contribution is 0.477. The molecule has 7 rings (SSSR count). The topological polar surface area (TPSA) is 50.9 Å². The quantitative estimate of drug-likeness (QED) is 0.218. The van der Waals surface area contributed by atoms with E-state index in [1.54, 1.807) is 6.07 Å². The molecular formula is C42H39N3O. The Morgan fingerprint density at radius 2 is 1.24 bits per heavy atom. The Morgan fingerprint density at radius 1 is 0.565 bits per heavy atom. The molecule has 0 atom stereocenters. The number of nitrogens with zero attached hydrogens (tertiary/aromatic N) is 3. The van der Waals surface area contributed by atoms with E-state index in [0.717, 1.165) is 49.9 Å². The third-order valence-corrected chi connectivity index (χ3v) is 8.88. The summed E-state index contributed by atoms with van der Waals surface area (Å²) in [5.74, 6) is 0.903. The molecule has 0 aliphatic heterocycles. The summed E-state index contributed by atoms with van der Waals surface area (Å²) < 4.78 is 2.16. The average molecular weight is 602 g/mol. The van der Waals surface area contributed by atoms with Gasteiger partial charge in [-0.1, -0.05) is 102 Å². The molecule has 5 aromatic carbocycles. The first-order valence-corrected chi connectivity index (χ1v) is 15.9. The van der Waals surface area contributed by atoms with Crippen molar-refractivity contribution >= 4 is 21.9 Å². The fraction of sp³-hybridized carbons (Fsp3) is 0.190. The molecule has 0 bridgehead atoms. The minimum absolute atomic E-state index is 0.000694. The van der Waals surface area contributed by atoms with Gasteiger partial charge in [0.05, 0.1) is 22.1 Å². The predicted molar refractivity (Wildman–Crippen MR) is 192 cm³/mol. The molecule has 0 spiro atoms. The smallest absolute Gasteiger partial charge is 0.149 e. The molecule has 2 aromatic heterocycles. The van der Waals surface area contributed by atoms with Crippen LogP contribution in [0.3, 0.4) is 0 Å². The normalized spacial score (nSPS) is 12.2. The van der Waals surface area contributed by atoms with Crippen molar-refractivity contribution in [1.29, 1.82) is 0 Å². The Labute approximate surface area is 271 Å². The van der Waals surface area contributed by atoms with Crippen LogP contribution in [-0.4, -0.2) is 19.6 Å². The zero-order chi connectivity index (χ0) is 32.2. The molecular weight excluding hydrogens is 562 g/mol. The van der Waals surface area contributed by atoms with E-state index in [4.69, 9.17) is 9.97 Å². The summed E-state index contributed by atoms with van der Waals surface area (Å²) >= 11 is 0. The average Bonchev–Trinajstić information content (AvgIpc) is 3.43. The molecule has 46 heavy (non-hydrogen) atoms. The van der Waals surface area contributed by atoms with Crippen LogP contribution >= 0.6 is 0 Å². The number of pyridine rings is 1. The second-order valence-corrected chi connectivity index (χ2v) is 14.2. The first kappa shape index (κ1) is 29.5. The highest BCUT2D eigenvalue weighted by molar-refractivity contribution is 5.99. The fourth-order valence-corrected chi connectivity index (χ4v) is 6.25. The third kappa shape index (κ3) is 5.24. The number of para-hydroxylation sites is 2. The zero-order valence-corrected chi connectivity index (χ0v) is 27.3. The highest BCUT2D eigenvalue weighted by atomic mass is 16.3. The predicted octanol–water partition coefficient (Wildman–Crippen LogP) is 10.9. The standard InChI is InChI=1S/C42H39N3O/c1-41(2,3)30-19-21-32(22-20-30)45-36-17-10-16-33(39(36)44-40(45)34-15-7-8-18-37(34)46)27-12-9-13-28(24-27)35-26-31(42(4,5)6)25-29-14-11-23-43-38(29)35/h7-26,46H,1-6H3. The summed E-state index contributed by atoms with van der Waals surface area (Å²) in [4.78, 5) is 10.1. The van der Waals surface area contributed by atoms with E-state index in [1.165, 1.54) is 11.1 Å². The number of hydrogen-bond acceptors (Lipinski definition) is 3. The van der Waals surface area contributed by atoms with Crippen molar-refractivity contribution in [2.45, 2.75) is 52.4 Å². The molecule has 0 aliphatic rings. The SMILES string of the molecule is CC(C)(C)c1ccc(-n2c(-c3ccccc3O)nc3c(-c4cccc(-c5cc(C(C)(C)C)cc6cccnc56)c4)cccc32)cc1. The van der Waals surface area contributed by atoms with Gasteiger partial charge >= 0.3 is 0 Å². The van der Waals surface area contributed by atoms with Crippen molar-refractivity contribution in [3.05, 3.63) is 133 Å². The summed E-state index contributed by atoms with van der Waals surface area (Å²) in [5, 5.41) is 12.1. The first-order valence-electron chi connectivity index (χ1n) is 15.9. The molecule has 228 valence electrons. The Balaban J connectivity index is 1.44. The van der Waals surface area contributed by atoms with Crippen LogP contribution in [0.2, 0.25) is 0 Å². The molecule has 7 aromatic rings. The first-order chi connectivity index (χ1) is 22.0. The fourth-order valence-electron chi connectivity index (χ4n) is 6.25. The van der Waals surface area contributed by atoms with Crippen molar-refractivity contribution in [2.75, 3.05) is 0 Å². The van der Waals surface area contributed by atoms with Crippen molar-refractivity contribution in [3.8, 4) is 45.1 Å². The number of aromatic nitrogens is 3. The summed E-state index contributed by atoms with van der Waals surface area (Å²) in [6.07, 6.45) is 1.87. The minimum Gasteiger partial charge on any atom is -0.507 e. The Bertz CT molecular complexity index is 2230. The number of hydrogen-bond donors (Lipinski definition) is 1. The lowest BCUT2D eigenvalue weighted by Crippen LogP contribution is -2.11. The molecule has 4 heteroatoms.